The Morgan fingerprint density at radius 3 is 2.42 bits per heavy atom. The van der Waals surface area contributed by atoms with Gasteiger partial charge in [0.15, 0.2) is 0 Å². The average molecular weight is 572 g/mol. The second-order valence-corrected chi connectivity index (χ2v) is 11.2. The fourth-order valence-electron chi connectivity index (χ4n) is 5.88. The van der Waals surface area contributed by atoms with Crippen molar-refractivity contribution in [3.05, 3.63) is 125 Å². The van der Waals surface area contributed by atoms with E-state index in [-0.39, 0.29) is 17.9 Å². The number of carbonyl (C=O) groups excluding carboxylic acids is 2. The third kappa shape index (κ3) is 6.52. The van der Waals surface area contributed by atoms with Crippen LogP contribution in [-0.2, 0) is 11.3 Å². The molecule has 0 bridgehead atoms. The van der Waals surface area contributed by atoms with E-state index in [1.165, 1.54) is 24.8 Å². The SMILES string of the molecule is CC[C@@H](NC(=O)c1ccc2c(c1)C(=C(Nc1ccc(CN3CCCCC3)cc1)c1ccccn1)C(=O)N2)c1ccccc1. The number of piperidine rings is 1. The highest BCUT2D eigenvalue weighted by Crippen LogP contribution is 2.38. The van der Waals surface area contributed by atoms with E-state index < -0.39 is 0 Å². The summed E-state index contributed by atoms with van der Waals surface area (Å²) in [4.78, 5) is 34.0. The lowest BCUT2D eigenvalue weighted by Gasteiger charge is -2.26. The first kappa shape index (κ1) is 28.4. The molecule has 7 nitrogen and oxygen atoms in total. The number of carbonyl (C=O) groups is 2. The lowest BCUT2D eigenvalue weighted by Crippen LogP contribution is -2.29. The minimum Gasteiger partial charge on any atom is -0.353 e. The van der Waals surface area contributed by atoms with Crippen LogP contribution >= 0.6 is 0 Å². The van der Waals surface area contributed by atoms with Gasteiger partial charge in [0, 0.05) is 35.2 Å². The maximum absolute atomic E-state index is 13.5. The van der Waals surface area contributed by atoms with Crippen LogP contribution in [0, 0.1) is 0 Å². The zero-order chi connectivity index (χ0) is 29.6. The van der Waals surface area contributed by atoms with Gasteiger partial charge in [-0.15, -0.1) is 0 Å². The molecule has 2 aliphatic heterocycles. The molecule has 3 heterocycles. The predicted octanol–water partition coefficient (Wildman–Crippen LogP) is 6.88. The standard InChI is InChI=1S/C36H37N5O2/c1-2-30(26-11-5-3-6-12-26)39-35(42)27-16-19-31-29(23-27)33(36(43)40-31)34(32-13-7-8-20-37-32)38-28-17-14-25(15-18-28)24-41-21-9-4-10-22-41/h3,5-8,11-20,23,30,38H,2,4,9-10,21-22,24H2,1H3,(H,39,42)(H,40,43)/t30-/m1/s1. The van der Waals surface area contributed by atoms with Crippen molar-refractivity contribution in [1.29, 1.82) is 0 Å². The normalized spacial score (nSPS) is 16.6. The molecule has 1 saturated heterocycles. The molecule has 3 aromatic carbocycles. The summed E-state index contributed by atoms with van der Waals surface area (Å²) in [5.41, 5.74) is 6.69. The van der Waals surface area contributed by atoms with E-state index >= 15 is 0 Å². The van der Waals surface area contributed by atoms with Gasteiger partial charge in [-0.25, -0.2) is 0 Å². The van der Waals surface area contributed by atoms with Crippen LogP contribution in [0.5, 0.6) is 0 Å². The number of pyridine rings is 1. The van der Waals surface area contributed by atoms with Gasteiger partial charge in [0.05, 0.1) is 23.0 Å². The molecule has 0 saturated carbocycles. The number of fused-ring (bicyclic) bond motifs is 1. The second-order valence-electron chi connectivity index (χ2n) is 11.2. The van der Waals surface area contributed by atoms with Crippen molar-refractivity contribution in [3.8, 4) is 0 Å². The molecule has 4 aromatic rings. The molecule has 2 amide bonds. The van der Waals surface area contributed by atoms with E-state index in [1.54, 1.807) is 24.4 Å². The number of aromatic nitrogens is 1. The first-order chi connectivity index (χ1) is 21.1. The van der Waals surface area contributed by atoms with Gasteiger partial charge in [0.2, 0.25) is 0 Å². The van der Waals surface area contributed by atoms with E-state index in [0.717, 1.165) is 37.3 Å². The van der Waals surface area contributed by atoms with Crippen molar-refractivity contribution in [2.45, 2.75) is 45.2 Å². The zero-order valence-corrected chi connectivity index (χ0v) is 24.5. The zero-order valence-electron chi connectivity index (χ0n) is 24.5. The van der Waals surface area contributed by atoms with Gasteiger partial charge in [-0.3, -0.25) is 19.5 Å². The molecule has 6 rings (SSSR count). The van der Waals surface area contributed by atoms with Crippen LogP contribution in [0.1, 0.15) is 71.4 Å². The molecule has 43 heavy (non-hydrogen) atoms. The molecule has 0 aliphatic carbocycles. The third-order valence-corrected chi connectivity index (χ3v) is 8.19. The molecular weight excluding hydrogens is 534 g/mol. The summed E-state index contributed by atoms with van der Waals surface area (Å²) >= 11 is 0. The highest BCUT2D eigenvalue weighted by Gasteiger charge is 2.30. The van der Waals surface area contributed by atoms with Gasteiger partial charge in [-0.05, 0) is 85.9 Å². The van der Waals surface area contributed by atoms with Crippen LogP contribution in [0.15, 0.2) is 97.2 Å². The second kappa shape index (κ2) is 13.0. The Labute approximate surface area is 253 Å². The molecule has 1 atom stereocenters. The molecular formula is C36H37N5O2. The lowest BCUT2D eigenvalue weighted by atomic mass is 9.99. The number of likely N-dealkylation sites (tertiary alicyclic amines) is 1. The number of amides is 2. The Morgan fingerprint density at radius 1 is 0.930 bits per heavy atom. The number of hydrogen-bond donors (Lipinski definition) is 3. The van der Waals surface area contributed by atoms with Crippen LogP contribution in [0.2, 0.25) is 0 Å². The number of nitrogens with zero attached hydrogens (tertiary/aromatic N) is 2. The van der Waals surface area contributed by atoms with Gasteiger partial charge in [0.25, 0.3) is 11.8 Å². The summed E-state index contributed by atoms with van der Waals surface area (Å²) in [5, 5.41) is 9.63. The fourth-order valence-corrected chi connectivity index (χ4v) is 5.88. The van der Waals surface area contributed by atoms with E-state index in [0.29, 0.717) is 33.8 Å². The van der Waals surface area contributed by atoms with Gasteiger partial charge in [-0.2, -0.15) is 0 Å². The van der Waals surface area contributed by atoms with Gasteiger partial charge < -0.3 is 16.0 Å². The maximum atomic E-state index is 13.5. The smallest absolute Gasteiger partial charge is 0.258 e. The highest BCUT2D eigenvalue weighted by molar-refractivity contribution is 6.37. The summed E-state index contributed by atoms with van der Waals surface area (Å²) in [6.07, 6.45) is 6.32. The average Bonchev–Trinajstić information content (AvgIpc) is 3.39. The minimum atomic E-state index is -0.238. The molecule has 0 radical (unpaired) electrons. The van der Waals surface area contributed by atoms with E-state index in [9.17, 15) is 9.59 Å². The Bertz CT molecular complexity index is 1610. The van der Waals surface area contributed by atoms with Crippen LogP contribution in [-0.4, -0.2) is 34.8 Å². The Morgan fingerprint density at radius 2 is 1.70 bits per heavy atom. The summed E-state index contributed by atoms with van der Waals surface area (Å²) in [5.74, 6) is -0.424. The summed E-state index contributed by atoms with van der Waals surface area (Å²) in [6.45, 7) is 5.29. The van der Waals surface area contributed by atoms with Crippen LogP contribution < -0.4 is 16.0 Å². The minimum absolute atomic E-state index is 0.111. The Kier molecular flexibility index (Phi) is 8.61. The molecule has 218 valence electrons. The van der Waals surface area contributed by atoms with Crippen molar-refractivity contribution in [2.24, 2.45) is 0 Å². The van der Waals surface area contributed by atoms with Crippen molar-refractivity contribution >= 4 is 34.5 Å². The van der Waals surface area contributed by atoms with E-state index in [1.807, 2.05) is 48.5 Å². The number of benzene rings is 3. The third-order valence-electron chi connectivity index (χ3n) is 8.19. The summed E-state index contributed by atoms with van der Waals surface area (Å²) in [7, 11) is 0. The topological polar surface area (TPSA) is 86.4 Å². The predicted molar refractivity (Wildman–Crippen MR) is 172 cm³/mol. The fraction of sp³-hybridized carbons (Fsp3) is 0.250. The monoisotopic (exact) mass is 571 g/mol. The Hall–Kier alpha value is -4.75. The molecule has 2 aliphatic rings. The number of anilines is 2. The summed E-state index contributed by atoms with van der Waals surface area (Å²) in [6, 6.07) is 29.2. The van der Waals surface area contributed by atoms with Crippen LogP contribution in [0.4, 0.5) is 11.4 Å². The van der Waals surface area contributed by atoms with E-state index in [4.69, 9.17) is 0 Å². The summed E-state index contributed by atoms with van der Waals surface area (Å²) < 4.78 is 0. The van der Waals surface area contributed by atoms with Crippen LogP contribution in [0.25, 0.3) is 11.3 Å². The largest absolute Gasteiger partial charge is 0.353 e. The van der Waals surface area contributed by atoms with Crippen molar-refractivity contribution in [3.63, 3.8) is 0 Å². The number of rotatable bonds is 9. The van der Waals surface area contributed by atoms with Crippen LogP contribution in [0.3, 0.4) is 0 Å². The molecule has 0 unspecified atom stereocenters. The first-order valence-corrected chi connectivity index (χ1v) is 15.1. The quantitative estimate of drug-likeness (QED) is 0.191. The molecule has 7 heteroatoms. The maximum Gasteiger partial charge on any atom is 0.258 e. The van der Waals surface area contributed by atoms with Gasteiger partial charge >= 0.3 is 0 Å². The Balaban J connectivity index is 1.31. The molecule has 1 fully saturated rings. The number of hydrogen-bond acceptors (Lipinski definition) is 5. The van der Waals surface area contributed by atoms with Gasteiger partial charge in [-0.1, -0.05) is 61.9 Å². The highest BCUT2D eigenvalue weighted by atomic mass is 16.2. The molecule has 1 aromatic heterocycles. The van der Waals surface area contributed by atoms with Crippen molar-refractivity contribution in [2.75, 3.05) is 23.7 Å². The lowest BCUT2D eigenvalue weighted by molar-refractivity contribution is -0.110. The molecule has 0 spiro atoms. The first-order valence-electron chi connectivity index (χ1n) is 15.1. The van der Waals surface area contributed by atoms with Crippen molar-refractivity contribution in [1.82, 2.24) is 15.2 Å². The van der Waals surface area contributed by atoms with Gasteiger partial charge in [0.1, 0.15) is 0 Å². The molecule has 3 N–H and O–H groups in total. The number of nitrogens with one attached hydrogen (secondary N) is 3. The van der Waals surface area contributed by atoms with E-state index in [2.05, 4.69) is 57.0 Å². The van der Waals surface area contributed by atoms with Crippen molar-refractivity contribution < 1.29 is 9.59 Å².